The van der Waals surface area contributed by atoms with E-state index in [0.717, 1.165) is 24.1 Å². The lowest BCUT2D eigenvalue weighted by molar-refractivity contribution is 0.0674. The number of nitrogens with one attached hydrogen (secondary N) is 1. The molecule has 3 rings (SSSR count). The standard InChI is InChI=1S/C15H18N4O.ClH/c1-10-8-19(9-11(2)18-10)15(20)12-3-4-13-14(7-12)17-6-5-16-13;/h3-7,10-11,18H,8-9H2,1-2H3;1H. The van der Waals surface area contributed by atoms with Crippen molar-refractivity contribution in [2.45, 2.75) is 25.9 Å². The van der Waals surface area contributed by atoms with Crippen LogP contribution in [0.4, 0.5) is 0 Å². The minimum atomic E-state index is 0. The minimum absolute atomic E-state index is 0. The number of carbonyl (C=O) groups is 1. The molecule has 1 saturated heterocycles. The molecule has 1 aliphatic heterocycles. The molecule has 2 unspecified atom stereocenters. The Hall–Kier alpha value is -1.72. The number of carbonyl (C=O) groups excluding carboxylic acids is 1. The Kier molecular flexibility index (Phi) is 4.75. The first-order valence-corrected chi connectivity index (χ1v) is 6.89. The van der Waals surface area contributed by atoms with Crippen LogP contribution in [0.3, 0.4) is 0 Å². The van der Waals surface area contributed by atoms with Crippen LogP contribution in [0.25, 0.3) is 11.0 Å². The predicted octanol–water partition coefficient (Wildman–Crippen LogP) is 1.87. The van der Waals surface area contributed by atoms with Crippen molar-refractivity contribution < 1.29 is 4.79 Å². The van der Waals surface area contributed by atoms with Gasteiger partial charge in [0.05, 0.1) is 11.0 Å². The number of hydrogen-bond donors (Lipinski definition) is 1. The van der Waals surface area contributed by atoms with Gasteiger partial charge in [0.1, 0.15) is 0 Å². The lowest BCUT2D eigenvalue weighted by Crippen LogP contribution is -2.55. The number of aromatic nitrogens is 2. The van der Waals surface area contributed by atoms with E-state index in [0.29, 0.717) is 17.6 Å². The SMILES string of the molecule is CC1CN(C(=O)c2ccc3nccnc3c2)CC(C)N1.Cl. The van der Waals surface area contributed by atoms with E-state index in [9.17, 15) is 4.79 Å². The van der Waals surface area contributed by atoms with Crippen LogP contribution in [0.5, 0.6) is 0 Å². The monoisotopic (exact) mass is 306 g/mol. The van der Waals surface area contributed by atoms with Gasteiger partial charge in [0.15, 0.2) is 0 Å². The van der Waals surface area contributed by atoms with E-state index in [-0.39, 0.29) is 18.3 Å². The highest BCUT2D eigenvalue weighted by atomic mass is 35.5. The molecule has 1 aromatic heterocycles. The molecule has 2 aromatic rings. The van der Waals surface area contributed by atoms with Crippen molar-refractivity contribution >= 4 is 29.3 Å². The first kappa shape index (κ1) is 15.7. The van der Waals surface area contributed by atoms with E-state index in [1.165, 1.54) is 0 Å². The Morgan fingerprint density at radius 1 is 1.14 bits per heavy atom. The van der Waals surface area contributed by atoms with Gasteiger partial charge in [-0.2, -0.15) is 0 Å². The summed E-state index contributed by atoms with van der Waals surface area (Å²) in [6.07, 6.45) is 3.30. The van der Waals surface area contributed by atoms with Gasteiger partial charge in [0, 0.05) is 43.1 Å². The molecule has 6 heteroatoms. The summed E-state index contributed by atoms with van der Waals surface area (Å²) in [4.78, 5) is 23.0. The molecule has 0 aliphatic carbocycles. The minimum Gasteiger partial charge on any atom is -0.336 e. The highest BCUT2D eigenvalue weighted by Gasteiger charge is 2.25. The summed E-state index contributed by atoms with van der Waals surface area (Å²) in [5, 5.41) is 3.43. The second-order valence-electron chi connectivity index (χ2n) is 5.44. The molecule has 1 amide bonds. The van der Waals surface area contributed by atoms with Crippen LogP contribution >= 0.6 is 12.4 Å². The van der Waals surface area contributed by atoms with Crippen LogP contribution < -0.4 is 5.32 Å². The van der Waals surface area contributed by atoms with Gasteiger partial charge in [-0.25, -0.2) is 0 Å². The van der Waals surface area contributed by atoms with Gasteiger partial charge < -0.3 is 10.2 Å². The molecule has 0 bridgehead atoms. The van der Waals surface area contributed by atoms with Crippen LogP contribution in [0, 0.1) is 0 Å². The Bertz CT molecular complexity index is 638. The second-order valence-corrected chi connectivity index (χ2v) is 5.44. The summed E-state index contributed by atoms with van der Waals surface area (Å²) in [7, 11) is 0. The van der Waals surface area contributed by atoms with Gasteiger partial charge >= 0.3 is 0 Å². The van der Waals surface area contributed by atoms with Gasteiger partial charge in [0.25, 0.3) is 5.91 Å². The smallest absolute Gasteiger partial charge is 0.254 e. The van der Waals surface area contributed by atoms with Crippen molar-refractivity contribution in [3.8, 4) is 0 Å². The van der Waals surface area contributed by atoms with Crippen molar-refractivity contribution in [1.29, 1.82) is 0 Å². The molecule has 1 aromatic carbocycles. The van der Waals surface area contributed by atoms with E-state index >= 15 is 0 Å². The second kappa shape index (κ2) is 6.37. The third kappa shape index (κ3) is 3.31. The molecule has 5 nitrogen and oxygen atoms in total. The quantitative estimate of drug-likeness (QED) is 0.874. The zero-order chi connectivity index (χ0) is 14.1. The van der Waals surface area contributed by atoms with Crippen LogP contribution in [0.2, 0.25) is 0 Å². The maximum atomic E-state index is 12.6. The molecule has 1 fully saturated rings. The molecular formula is C15H19ClN4O. The fourth-order valence-electron chi connectivity index (χ4n) is 2.77. The summed E-state index contributed by atoms with van der Waals surface area (Å²) in [6, 6.07) is 6.15. The lowest BCUT2D eigenvalue weighted by atomic mass is 10.1. The zero-order valence-electron chi connectivity index (χ0n) is 12.1. The predicted molar refractivity (Wildman–Crippen MR) is 84.7 cm³/mol. The van der Waals surface area contributed by atoms with Gasteiger partial charge in [-0.15, -0.1) is 12.4 Å². The van der Waals surface area contributed by atoms with E-state index in [4.69, 9.17) is 0 Å². The van der Waals surface area contributed by atoms with E-state index < -0.39 is 0 Å². The maximum absolute atomic E-state index is 12.6. The number of benzene rings is 1. The summed E-state index contributed by atoms with van der Waals surface area (Å²) in [5.74, 6) is 0.0674. The molecule has 0 saturated carbocycles. The van der Waals surface area contributed by atoms with E-state index in [2.05, 4.69) is 29.1 Å². The normalized spacial score (nSPS) is 21.9. The van der Waals surface area contributed by atoms with Crippen molar-refractivity contribution in [2.24, 2.45) is 0 Å². The van der Waals surface area contributed by atoms with Crippen molar-refractivity contribution in [3.05, 3.63) is 36.2 Å². The fourth-order valence-corrected chi connectivity index (χ4v) is 2.77. The van der Waals surface area contributed by atoms with Crippen LogP contribution in [-0.2, 0) is 0 Å². The molecule has 0 radical (unpaired) electrons. The zero-order valence-corrected chi connectivity index (χ0v) is 12.9. The number of halogens is 1. The number of rotatable bonds is 1. The third-order valence-corrected chi connectivity index (χ3v) is 3.56. The lowest BCUT2D eigenvalue weighted by Gasteiger charge is -2.36. The van der Waals surface area contributed by atoms with Gasteiger partial charge in [-0.3, -0.25) is 14.8 Å². The van der Waals surface area contributed by atoms with E-state index in [1.807, 2.05) is 23.1 Å². The summed E-state index contributed by atoms with van der Waals surface area (Å²) >= 11 is 0. The molecule has 2 atom stereocenters. The van der Waals surface area contributed by atoms with Gasteiger partial charge in [-0.1, -0.05) is 0 Å². The topological polar surface area (TPSA) is 58.1 Å². The molecular weight excluding hydrogens is 288 g/mol. The highest BCUT2D eigenvalue weighted by molar-refractivity contribution is 5.97. The number of fused-ring (bicyclic) bond motifs is 1. The van der Waals surface area contributed by atoms with Crippen LogP contribution in [0.15, 0.2) is 30.6 Å². The van der Waals surface area contributed by atoms with Gasteiger partial charge in [0.2, 0.25) is 0 Å². The Balaban J connectivity index is 0.00000161. The average molecular weight is 307 g/mol. The molecule has 1 N–H and O–H groups in total. The highest BCUT2D eigenvalue weighted by Crippen LogP contribution is 2.15. The van der Waals surface area contributed by atoms with Crippen LogP contribution in [0.1, 0.15) is 24.2 Å². The Morgan fingerprint density at radius 2 is 1.76 bits per heavy atom. The van der Waals surface area contributed by atoms with Crippen molar-refractivity contribution in [1.82, 2.24) is 20.2 Å². The average Bonchev–Trinajstić information content (AvgIpc) is 2.45. The number of piperazine rings is 1. The Morgan fingerprint density at radius 3 is 2.43 bits per heavy atom. The molecule has 1 aliphatic rings. The maximum Gasteiger partial charge on any atom is 0.254 e. The summed E-state index contributed by atoms with van der Waals surface area (Å²) in [5.41, 5.74) is 2.25. The Labute approximate surface area is 130 Å². The number of amides is 1. The number of hydrogen-bond acceptors (Lipinski definition) is 4. The molecule has 2 heterocycles. The van der Waals surface area contributed by atoms with Crippen LogP contribution in [-0.4, -0.2) is 45.9 Å². The van der Waals surface area contributed by atoms with Gasteiger partial charge in [-0.05, 0) is 32.0 Å². The third-order valence-electron chi connectivity index (χ3n) is 3.56. The molecule has 21 heavy (non-hydrogen) atoms. The first-order valence-electron chi connectivity index (χ1n) is 6.89. The molecule has 0 spiro atoms. The summed E-state index contributed by atoms with van der Waals surface area (Å²) < 4.78 is 0. The molecule has 112 valence electrons. The summed E-state index contributed by atoms with van der Waals surface area (Å²) in [6.45, 7) is 5.67. The van der Waals surface area contributed by atoms with E-state index in [1.54, 1.807) is 12.4 Å². The van der Waals surface area contributed by atoms with Crippen molar-refractivity contribution in [2.75, 3.05) is 13.1 Å². The largest absolute Gasteiger partial charge is 0.336 e. The first-order chi connectivity index (χ1) is 9.63. The number of nitrogens with zero attached hydrogens (tertiary/aromatic N) is 3. The van der Waals surface area contributed by atoms with Crippen molar-refractivity contribution in [3.63, 3.8) is 0 Å². The fraction of sp³-hybridized carbons (Fsp3) is 0.400.